The van der Waals surface area contributed by atoms with Crippen molar-refractivity contribution >= 4 is 11.9 Å². The van der Waals surface area contributed by atoms with Crippen molar-refractivity contribution in [1.82, 2.24) is 20.0 Å². The van der Waals surface area contributed by atoms with Crippen molar-refractivity contribution in [2.75, 3.05) is 38.7 Å². The highest BCUT2D eigenvalue weighted by Crippen LogP contribution is 2.24. The molecule has 0 aliphatic carbocycles. The minimum atomic E-state index is -0.273. The number of hydrogen-bond donors (Lipinski definition) is 0. The van der Waals surface area contributed by atoms with Crippen molar-refractivity contribution < 1.29 is 14.1 Å². The summed E-state index contributed by atoms with van der Waals surface area (Å²) in [6, 6.07) is 1.83. The Balaban J connectivity index is 1.80. The third kappa shape index (κ3) is 3.48. The topological polar surface area (TPSA) is 84.6 Å². The van der Waals surface area contributed by atoms with Crippen LogP contribution in [0.1, 0.15) is 40.5 Å². The van der Waals surface area contributed by atoms with Crippen molar-refractivity contribution in [3.8, 4) is 0 Å². The Hall–Kier alpha value is -2.48. The lowest BCUT2D eigenvalue weighted by Crippen LogP contribution is -2.42. The monoisotopic (exact) mass is 345 g/mol. The lowest BCUT2D eigenvalue weighted by molar-refractivity contribution is -0.0248. The van der Waals surface area contributed by atoms with Gasteiger partial charge in [0.2, 0.25) is 5.95 Å². The minimum Gasteiger partial charge on any atom is -0.368 e. The van der Waals surface area contributed by atoms with Gasteiger partial charge in [-0.25, -0.2) is 9.97 Å². The van der Waals surface area contributed by atoms with Crippen LogP contribution >= 0.6 is 0 Å². The average molecular weight is 345 g/mol. The highest BCUT2D eigenvalue weighted by molar-refractivity contribution is 5.96. The first kappa shape index (κ1) is 17.3. The molecule has 1 atom stereocenters. The Morgan fingerprint density at radius 1 is 1.44 bits per heavy atom. The van der Waals surface area contributed by atoms with E-state index in [-0.39, 0.29) is 12.0 Å². The fourth-order valence-corrected chi connectivity index (χ4v) is 2.86. The predicted molar refractivity (Wildman–Crippen MR) is 91.6 cm³/mol. The summed E-state index contributed by atoms with van der Waals surface area (Å²) in [6.45, 7) is 5.18. The van der Waals surface area contributed by atoms with Crippen molar-refractivity contribution in [3.63, 3.8) is 0 Å². The predicted octanol–water partition coefficient (Wildman–Crippen LogP) is 1.62. The summed E-state index contributed by atoms with van der Waals surface area (Å²) < 4.78 is 11.1. The molecule has 1 aliphatic heterocycles. The van der Waals surface area contributed by atoms with Crippen molar-refractivity contribution in [2.45, 2.75) is 26.4 Å². The molecule has 8 heteroatoms. The van der Waals surface area contributed by atoms with Gasteiger partial charge in [-0.2, -0.15) is 0 Å². The maximum Gasteiger partial charge on any atom is 0.259 e. The lowest BCUT2D eigenvalue weighted by atomic mass is 10.1. The van der Waals surface area contributed by atoms with E-state index < -0.39 is 0 Å². The van der Waals surface area contributed by atoms with E-state index in [1.165, 1.54) is 0 Å². The highest BCUT2D eigenvalue weighted by Gasteiger charge is 2.30. The highest BCUT2D eigenvalue weighted by atomic mass is 16.5. The van der Waals surface area contributed by atoms with Crippen molar-refractivity contribution in [1.29, 1.82) is 0 Å². The number of aromatic nitrogens is 3. The number of carbonyl (C=O) groups excluding carboxylic acids is 1. The normalized spacial score (nSPS) is 17.6. The number of morpholine rings is 1. The Morgan fingerprint density at radius 2 is 2.24 bits per heavy atom. The van der Waals surface area contributed by atoms with Crippen molar-refractivity contribution in [2.24, 2.45) is 0 Å². The Bertz CT molecular complexity index is 758. The molecule has 3 rings (SSSR count). The number of carbonyl (C=O) groups is 1. The second-order valence-electron chi connectivity index (χ2n) is 6.21. The van der Waals surface area contributed by atoms with Crippen LogP contribution in [0.25, 0.3) is 0 Å². The van der Waals surface area contributed by atoms with E-state index in [4.69, 9.17) is 9.26 Å². The third-order valence-corrected chi connectivity index (χ3v) is 4.22. The third-order valence-electron chi connectivity index (χ3n) is 4.22. The molecule has 2 aromatic heterocycles. The molecule has 0 radical (unpaired) electrons. The molecule has 0 saturated carbocycles. The van der Waals surface area contributed by atoms with Crippen LogP contribution < -0.4 is 4.90 Å². The van der Waals surface area contributed by atoms with E-state index in [0.29, 0.717) is 49.1 Å². The molecule has 134 valence electrons. The van der Waals surface area contributed by atoms with Gasteiger partial charge in [0.1, 0.15) is 17.4 Å². The summed E-state index contributed by atoms with van der Waals surface area (Å²) in [5.74, 6) is 1.18. The first-order valence-corrected chi connectivity index (χ1v) is 8.37. The molecule has 0 aromatic carbocycles. The number of hydrogen-bond acceptors (Lipinski definition) is 7. The summed E-state index contributed by atoms with van der Waals surface area (Å²) in [7, 11) is 3.77. The molecule has 1 saturated heterocycles. The molecule has 0 unspecified atom stereocenters. The second-order valence-corrected chi connectivity index (χ2v) is 6.21. The van der Waals surface area contributed by atoms with Crippen LogP contribution in [-0.2, 0) is 11.2 Å². The summed E-state index contributed by atoms with van der Waals surface area (Å²) >= 11 is 0. The van der Waals surface area contributed by atoms with E-state index in [2.05, 4.69) is 15.1 Å². The van der Waals surface area contributed by atoms with E-state index in [9.17, 15) is 4.79 Å². The Kier molecular flexibility index (Phi) is 4.98. The Labute approximate surface area is 146 Å². The van der Waals surface area contributed by atoms with Gasteiger partial charge >= 0.3 is 0 Å². The summed E-state index contributed by atoms with van der Waals surface area (Å²) in [6.07, 6.45) is 2.07. The molecule has 0 bridgehead atoms. The number of rotatable bonds is 4. The summed E-state index contributed by atoms with van der Waals surface area (Å²) in [5.41, 5.74) is 1.97. The maximum absolute atomic E-state index is 12.9. The molecular formula is C17H23N5O3. The van der Waals surface area contributed by atoms with Gasteiger partial charge in [-0.15, -0.1) is 0 Å². The Morgan fingerprint density at radius 3 is 2.96 bits per heavy atom. The SMILES string of the molecule is CCc1onc(C)c1C(=O)N1CCO[C@@H](c2ccnc(N(C)C)n2)C1. The number of anilines is 1. The van der Waals surface area contributed by atoms with Gasteiger partial charge in [0, 0.05) is 33.3 Å². The van der Waals surface area contributed by atoms with Crippen LogP contribution in [0.4, 0.5) is 5.95 Å². The number of ether oxygens (including phenoxy) is 1. The molecule has 0 N–H and O–H groups in total. The van der Waals surface area contributed by atoms with Crippen molar-refractivity contribution in [3.05, 3.63) is 35.0 Å². The van der Waals surface area contributed by atoms with Gasteiger partial charge in [0.25, 0.3) is 5.91 Å². The van der Waals surface area contributed by atoms with E-state index >= 15 is 0 Å². The van der Waals surface area contributed by atoms with Crippen LogP contribution in [-0.4, -0.2) is 59.7 Å². The molecule has 2 aromatic rings. The fourth-order valence-electron chi connectivity index (χ4n) is 2.86. The van der Waals surface area contributed by atoms with Crippen LogP contribution in [0, 0.1) is 6.92 Å². The van der Waals surface area contributed by atoms with Gasteiger partial charge in [-0.1, -0.05) is 12.1 Å². The fraction of sp³-hybridized carbons (Fsp3) is 0.529. The smallest absolute Gasteiger partial charge is 0.259 e. The van der Waals surface area contributed by atoms with Crippen LogP contribution in [0.2, 0.25) is 0 Å². The number of aryl methyl sites for hydroxylation is 2. The zero-order chi connectivity index (χ0) is 18.0. The largest absolute Gasteiger partial charge is 0.368 e. The molecular weight excluding hydrogens is 322 g/mol. The molecule has 0 spiro atoms. The quantitative estimate of drug-likeness (QED) is 0.832. The zero-order valence-electron chi connectivity index (χ0n) is 15.0. The van der Waals surface area contributed by atoms with Crippen LogP contribution in [0.5, 0.6) is 0 Å². The zero-order valence-corrected chi connectivity index (χ0v) is 15.0. The molecule has 1 aliphatic rings. The number of nitrogens with zero attached hydrogens (tertiary/aromatic N) is 5. The van der Waals surface area contributed by atoms with Gasteiger partial charge in [0.15, 0.2) is 0 Å². The average Bonchev–Trinajstić information content (AvgIpc) is 3.02. The van der Waals surface area contributed by atoms with Gasteiger partial charge in [0.05, 0.1) is 24.5 Å². The first-order chi connectivity index (χ1) is 12.0. The molecule has 1 amide bonds. The van der Waals surface area contributed by atoms with Crippen LogP contribution in [0.3, 0.4) is 0 Å². The van der Waals surface area contributed by atoms with Gasteiger partial charge in [-0.05, 0) is 13.0 Å². The minimum absolute atomic E-state index is 0.0641. The standard InChI is InChI=1S/C17H23N5O3/c1-5-13-15(11(2)20-25-13)16(23)22-8-9-24-14(10-22)12-6-7-18-17(19-12)21(3)4/h6-7,14H,5,8-10H2,1-4H3/t14-/m1/s1. The van der Waals surface area contributed by atoms with Gasteiger partial charge in [-0.3, -0.25) is 4.79 Å². The first-order valence-electron chi connectivity index (χ1n) is 8.37. The van der Waals surface area contributed by atoms with Gasteiger partial charge < -0.3 is 19.1 Å². The second kappa shape index (κ2) is 7.18. The summed E-state index contributed by atoms with van der Waals surface area (Å²) in [5, 5.41) is 3.93. The van der Waals surface area contributed by atoms with E-state index in [1.54, 1.807) is 18.0 Å². The molecule has 25 heavy (non-hydrogen) atoms. The molecule has 1 fully saturated rings. The van der Waals surface area contributed by atoms with E-state index in [0.717, 1.165) is 5.69 Å². The lowest BCUT2D eigenvalue weighted by Gasteiger charge is -2.32. The maximum atomic E-state index is 12.9. The van der Waals surface area contributed by atoms with Crippen LogP contribution in [0.15, 0.2) is 16.8 Å². The molecule has 8 nitrogen and oxygen atoms in total. The summed E-state index contributed by atoms with van der Waals surface area (Å²) in [4.78, 5) is 25.3. The van der Waals surface area contributed by atoms with E-state index in [1.807, 2.05) is 32.0 Å². The molecule has 3 heterocycles. The number of amides is 1.